The van der Waals surface area contributed by atoms with Gasteiger partial charge in [0.15, 0.2) is 0 Å². The van der Waals surface area contributed by atoms with Gasteiger partial charge in [-0.2, -0.15) is 0 Å². The Morgan fingerprint density at radius 1 is 0.531 bits per heavy atom. The molecule has 4 heteroatoms. The molecule has 0 saturated heterocycles. The quantitative estimate of drug-likeness (QED) is 0.174. The fourth-order valence-corrected chi connectivity index (χ4v) is 12.5. The maximum Gasteiger partial charge on any atom is 0.211 e. The molecule has 64 heavy (non-hydrogen) atoms. The molecule has 319 valence electrons. The van der Waals surface area contributed by atoms with Crippen LogP contribution in [0.3, 0.4) is 0 Å². The molecule has 7 aromatic carbocycles. The van der Waals surface area contributed by atoms with Crippen LogP contribution in [0.2, 0.25) is 0 Å². The highest BCUT2D eigenvalue weighted by molar-refractivity contribution is 7.29. The Bertz CT molecular complexity index is 3180. The van der Waals surface area contributed by atoms with Gasteiger partial charge in [0.05, 0.1) is 5.69 Å². The largest absolute Gasteiger partial charge is 0.355 e. The van der Waals surface area contributed by atoms with Crippen molar-refractivity contribution in [2.75, 3.05) is 10.2 Å². The molecule has 0 atom stereocenters. The molecule has 2 aliphatic carbocycles. The number of nitrogens with one attached hydrogen (secondary N) is 1. The number of nitrogens with zero attached hydrogens (tertiary/aromatic N) is 1. The van der Waals surface area contributed by atoms with Crippen LogP contribution in [0.15, 0.2) is 127 Å². The minimum Gasteiger partial charge on any atom is -0.355 e. The number of thiophene rings is 1. The van der Waals surface area contributed by atoms with Gasteiger partial charge in [0.2, 0.25) is 7.28 Å². The monoisotopic (exact) mass is 851 g/mol. The van der Waals surface area contributed by atoms with Gasteiger partial charge in [-0.3, -0.25) is 0 Å². The Kier molecular flexibility index (Phi) is 9.30. The number of fused-ring (bicyclic) bond motifs is 7. The average molecular weight is 852 g/mol. The molecule has 0 spiro atoms. The summed E-state index contributed by atoms with van der Waals surface area (Å²) < 4.78 is 2.71. The van der Waals surface area contributed by atoms with Crippen molar-refractivity contribution in [2.45, 2.75) is 117 Å². The van der Waals surface area contributed by atoms with Crippen LogP contribution in [0, 0.1) is 13.8 Å². The maximum absolute atomic E-state index is 3.93. The first-order valence-electron chi connectivity index (χ1n) is 23.5. The molecular weight excluding hydrogens is 792 g/mol. The SMILES string of the molecule is Cc1cc(-c2cc3ccccc3cc2Nc2ccc(-c3ccccc3)cc2)c2c(c1)N(c1cc3c(cc1C)C(C)(C)CCC3(C)C)c1c(sc3cc4c(cc13)C(C)(C)CCC4(C)C)[B]2. The van der Waals surface area contributed by atoms with Crippen LogP contribution in [0.4, 0.5) is 28.4 Å². The van der Waals surface area contributed by atoms with Gasteiger partial charge in [0, 0.05) is 38.4 Å². The van der Waals surface area contributed by atoms with Crippen molar-refractivity contribution < 1.29 is 0 Å². The maximum atomic E-state index is 3.93. The van der Waals surface area contributed by atoms with Crippen molar-refractivity contribution in [3.63, 3.8) is 0 Å². The van der Waals surface area contributed by atoms with Crippen molar-refractivity contribution in [3.8, 4) is 22.3 Å². The third-order valence-corrected chi connectivity index (χ3v) is 16.6. The molecule has 3 aliphatic rings. The van der Waals surface area contributed by atoms with E-state index in [9.17, 15) is 0 Å². The second-order valence-corrected chi connectivity index (χ2v) is 23.1. The summed E-state index contributed by atoms with van der Waals surface area (Å²) in [4.78, 5) is 2.69. The number of hydrogen-bond donors (Lipinski definition) is 1. The van der Waals surface area contributed by atoms with E-state index < -0.39 is 0 Å². The van der Waals surface area contributed by atoms with Crippen LogP contribution in [0.5, 0.6) is 0 Å². The minimum atomic E-state index is 0.0784. The van der Waals surface area contributed by atoms with Crippen LogP contribution in [-0.4, -0.2) is 7.28 Å². The molecule has 1 aliphatic heterocycles. The Morgan fingerprint density at radius 2 is 1.09 bits per heavy atom. The zero-order valence-corrected chi connectivity index (χ0v) is 40.2. The van der Waals surface area contributed by atoms with Gasteiger partial charge in [0.1, 0.15) is 0 Å². The average Bonchev–Trinajstić information content (AvgIpc) is 3.63. The van der Waals surface area contributed by atoms with Crippen LogP contribution in [0.1, 0.15) is 114 Å². The number of hydrogen-bond acceptors (Lipinski definition) is 3. The summed E-state index contributed by atoms with van der Waals surface area (Å²) in [7, 11) is 2.53. The van der Waals surface area contributed by atoms with Gasteiger partial charge in [-0.1, -0.05) is 134 Å². The second kappa shape index (κ2) is 14.5. The highest BCUT2D eigenvalue weighted by Crippen LogP contribution is 2.53. The van der Waals surface area contributed by atoms with E-state index in [0.29, 0.717) is 0 Å². The smallest absolute Gasteiger partial charge is 0.211 e. The van der Waals surface area contributed by atoms with Crippen molar-refractivity contribution in [1.29, 1.82) is 0 Å². The molecule has 1 aromatic heterocycles. The van der Waals surface area contributed by atoms with Crippen LogP contribution in [0.25, 0.3) is 43.1 Å². The van der Waals surface area contributed by atoms with Crippen LogP contribution >= 0.6 is 11.3 Å². The molecule has 0 amide bonds. The zero-order valence-electron chi connectivity index (χ0n) is 39.4. The molecule has 0 fully saturated rings. The zero-order chi connectivity index (χ0) is 44.5. The summed E-state index contributed by atoms with van der Waals surface area (Å²) in [6.45, 7) is 24.3. The van der Waals surface area contributed by atoms with E-state index in [4.69, 9.17) is 0 Å². The lowest BCUT2D eigenvalue weighted by molar-refractivity contribution is 0.332. The standard InChI is InChI=1S/C60H60BN2S/c1-36-28-44(43-31-40-18-14-15-19-41(40)32-50(43)62-42-22-20-39(21-23-42)38-16-12-11-13-17-38)54-52(29-36)63(51-34-48-46(30-37(51)2)57(3,4)24-26-59(48,7)8)55-45-33-47-49(35-53(45)64-56(55)61-54)60(9,10)27-25-58(47,5)6/h11-23,28-35,62H,24-27H2,1-10H3. The predicted octanol–water partition coefficient (Wildman–Crippen LogP) is 15.9. The molecule has 0 saturated carbocycles. The van der Waals surface area contributed by atoms with Gasteiger partial charge in [-0.25, -0.2) is 0 Å². The van der Waals surface area contributed by atoms with Gasteiger partial charge in [-0.15, -0.1) is 11.3 Å². The summed E-state index contributed by atoms with van der Waals surface area (Å²) in [5.74, 6) is 0. The van der Waals surface area contributed by atoms with Crippen LogP contribution < -0.4 is 20.5 Å². The topological polar surface area (TPSA) is 15.3 Å². The lowest BCUT2D eigenvalue weighted by Gasteiger charge is -2.44. The predicted molar refractivity (Wildman–Crippen MR) is 280 cm³/mol. The lowest BCUT2D eigenvalue weighted by Crippen LogP contribution is -2.40. The third kappa shape index (κ3) is 6.65. The van der Waals surface area contributed by atoms with Crippen molar-refractivity contribution in [1.82, 2.24) is 0 Å². The van der Waals surface area contributed by atoms with E-state index in [2.05, 4.69) is 214 Å². The van der Waals surface area contributed by atoms with E-state index in [1.54, 1.807) is 0 Å². The van der Waals surface area contributed by atoms with Gasteiger partial charge < -0.3 is 10.2 Å². The third-order valence-electron chi connectivity index (χ3n) is 15.6. The van der Waals surface area contributed by atoms with Gasteiger partial charge in [0.25, 0.3) is 0 Å². The molecule has 11 rings (SSSR count). The van der Waals surface area contributed by atoms with E-state index in [1.165, 1.54) is 129 Å². The fourth-order valence-electron chi connectivity index (χ4n) is 11.4. The van der Waals surface area contributed by atoms with E-state index in [-0.39, 0.29) is 21.7 Å². The summed E-state index contributed by atoms with van der Waals surface area (Å²) in [5.41, 5.74) is 21.3. The van der Waals surface area contributed by atoms with Crippen LogP contribution in [-0.2, 0) is 21.7 Å². The van der Waals surface area contributed by atoms with Gasteiger partial charge >= 0.3 is 0 Å². The Balaban J connectivity index is 1.15. The molecular formula is C60H60BN2S. The summed E-state index contributed by atoms with van der Waals surface area (Å²) >= 11 is 1.97. The Labute approximate surface area is 386 Å². The van der Waals surface area contributed by atoms with Crippen molar-refractivity contribution in [2.24, 2.45) is 0 Å². The first-order chi connectivity index (χ1) is 30.5. The summed E-state index contributed by atoms with van der Waals surface area (Å²) in [5, 5.41) is 7.76. The Hall–Kier alpha value is -5.58. The molecule has 1 radical (unpaired) electrons. The number of benzene rings is 7. The molecule has 0 unspecified atom stereocenters. The fraction of sp³-hybridized carbons (Fsp3) is 0.300. The van der Waals surface area contributed by atoms with E-state index in [0.717, 1.165) is 11.4 Å². The number of anilines is 5. The van der Waals surface area contributed by atoms with Crippen molar-refractivity contribution in [3.05, 3.63) is 161 Å². The number of aryl methyl sites for hydroxylation is 2. The molecule has 2 heterocycles. The first-order valence-corrected chi connectivity index (χ1v) is 24.3. The molecule has 8 aromatic rings. The van der Waals surface area contributed by atoms with Gasteiger partial charge in [-0.05, 0) is 181 Å². The highest BCUT2D eigenvalue weighted by atomic mass is 32.1. The first kappa shape index (κ1) is 41.2. The van der Waals surface area contributed by atoms with E-state index in [1.807, 2.05) is 11.3 Å². The highest BCUT2D eigenvalue weighted by Gasteiger charge is 2.41. The minimum absolute atomic E-state index is 0.0784. The van der Waals surface area contributed by atoms with Crippen molar-refractivity contribution >= 4 is 78.2 Å². The molecule has 1 N–H and O–H groups in total. The number of rotatable bonds is 5. The van der Waals surface area contributed by atoms with E-state index >= 15 is 0 Å². The summed E-state index contributed by atoms with van der Waals surface area (Å²) in [6, 6.07) is 48.3. The second-order valence-electron chi connectivity index (χ2n) is 22.0. The molecule has 2 nitrogen and oxygen atoms in total. The Morgan fingerprint density at radius 3 is 1.75 bits per heavy atom. The lowest BCUT2D eigenvalue weighted by atomic mass is 9.61. The summed E-state index contributed by atoms with van der Waals surface area (Å²) in [6.07, 6.45) is 4.78. The normalized spacial score (nSPS) is 17.6. The molecule has 0 bridgehead atoms.